The highest BCUT2D eigenvalue weighted by Gasteiger charge is 2.18. The number of aliphatic hydroxyl groups excluding tert-OH is 2. The van der Waals surface area contributed by atoms with Gasteiger partial charge in [0.25, 0.3) is 0 Å². The summed E-state index contributed by atoms with van der Waals surface area (Å²) in [6.07, 6.45) is 0. The molecule has 80 valence electrons. The highest BCUT2D eigenvalue weighted by Crippen LogP contribution is 2.32. The Morgan fingerprint density at radius 2 is 1.93 bits per heavy atom. The van der Waals surface area contributed by atoms with E-state index in [1.807, 2.05) is 0 Å². The molecule has 1 aromatic rings. The van der Waals surface area contributed by atoms with Gasteiger partial charge in [0.1, 0.15) is 0 Å². The first-order valence-corrected chi connectivity index (χ1v) is 6.24. The monoisotopic (exact) mass is 256 g/mol. The lowest BCUT2D eigenvalue weighted by atomic mass is 10.4. The summed E-state index contributed by atoms with van der Waals surface area (Å²) in [7, 11) is 0. The van der Waals surface area contributed by atoms with Crippen LogP contribution < -0.4 is 0 Å². The standard InChI is InChI=1S/C6H8O5S3/c7-5(13-9)3-1-2-4(12-3)6(8)14(10)11/h1-2,5-9H,(H,10,11). The fourth-order valence-corrected chi connectivity index (χ4v) is 2.66. The average Bonchev–Trinajstić information content (AvgIpc) is 2.64. The van der Waals surface area contributed by atoms with Crippen molar-refractivity contribution in [3.63, 3.8) is 0 Å². The zero-order valence-electron chi connectivity index (χ0n) is 6.73. The molecule has 0 fully saturated rings. The molecule has 0 aliphatic rings. The molecule has 8 heteroatoms. The molecule has 0 aliphatic carbocycles. The van der Waals surface area contributed by atoms with Crippen molar-refractivity contribution < 1.29 is 23.5 Å². The molecule has 0 amide bonds. The second-order valence-electron chi connectivity index (χ2n) is 2.33. The van der Waals surface area contributed by atoms with Crippen molar-refractivity contribution in [2.75, 3.05) is 0 Å². The summed E-state index contributed by atoms with van der Waals surface area (Å²) >= 11 is -1.12. The van der Waals surface area contributed by atoms with E-state index >= 15 is 0 Å². The molecule has 14 heavy (non-hydrogen) atoms. The lowest BCUT2D eigenvalue weighted by Gasteiger charge is -2.03. The van der Waals surface area contributed by atoms with Crippen molar-refractivity contribution in [2.24, 2.45) is 0 Å². The minimum Gasteiger partial charge on any atom is -0.375 e. The van der Waals surface area contributed by atoms with Crippen molar-refractivity contribution in [1.82, 2.24) is 0 Å². The molecule has 0 aromatic carbocycles. The van der Waals surface area contributed by atoms with E-state index < -0.39 is 22.0 Å². The van der Waals surface area contributed by atoms with Gasteiger partial charge in [-0.3, -0.25) is 0 Å². The molecule has 1 heterocycles. The van der Waals surface area contributed by atoms with Gasteiger partial charge >= 0.3 is 0 Å². The number of aliphatic hydroxyl groups is 2. The lowest BCUT2D eigenvalue weighted by Crippen LogP contribution is -2.01. The van der Waals surface area contributed by atoms with Crippen LogP contribution in [-0.2, 0) is 11.1 Å². The summed E-state index contributed by atoms with van der Waals surface area (Å²) in [5.41, 5.74) is -2.56. The highest BCUT2D eigenvalue weighted by molar-refractivity contribution is 7.93. The van der Waals surface area contributed by atoms with Gasteiger partial charge in [-0.15, -0.1) is 11.3 Å². The second-order valence-corrected chi connectivity index (χ2v) is 5.13. The van der Waals surface area contributed by atoms with Gasteiger partial charge in [0.15, 0.2) is 22.0 Å². The van der Waals surface area contributed by atoms with Crippen molar-refractivity contribution in [3.8, 4) is 0 Å². The van der Waals surface area contributed by atoms with E-state index in [1.54, 1.807) is 0 Å². The van der Waals surface area contributed by atoms with E-state index in [9.17, 15) is 9.32 Å². The van der Waals surface area contributed by atoms with Crippen LogP contribution in [0.5, 0.6) is 0 Å². The highest BCUT2D eigenvalue weighted by atomic mass is 32.2. The molecule has 1 rings (SSSR count). The van der Waals surface area contributed by atoms with Gasteiger partial charge < -0.3 is 19.3 Å². The predicted molar refractivity (Wildman–Crippen MR) is 55.2 cm³/mol. The number of rotatable bonds is 4. The Morgan fingerprint density at radius 1 is 1.36 bits per heavy atom. The maximum Gasteiger partial charge on any atom is 0.189 e. The molecule has 0 bridgehead atoms. The Morgan fingerprint density at radius 3 is 2.43 bits per heavy atom. The van der Waals surface area contributed by atoms with Gasteiger partial charge in [0, 0.05) is 21.8 Å². The van der Waals surface area contributed by atoms with Crippen LogP contribution in [0, 0.1) is 0 Å². The Hall–Kier alpha value is 0.0400. The third-order valence-electron chi connectivity index (χ3n) is 1.43. The number of thiophene rings is 1. The zero-order chi connectivity index (χ0) is 10.7. The van der Waals surface area contributed by atoms with Crippen LogP contribution in [0.4, 0.5) is 0 Å². The summed E-state index contributed by atoms with van der Waals surface area (Å²) in [6.45, 7) is 0. The van der Waals surface area contributed by atoms with Crippen LogP contribution in [0.1, 0.15) is 20.6 Å². The molecule has 5 nitrogen and oxygen atoms in total. The Bertz CT molecular complexity index is 325. The largest absolute Gasteiger partial charge is 0.375 e. The summed E-state index contributed by atoms with van der Waals surface area (Å²) in [4.78, 5) is 0.686. The Kier molecular flexibility index (Phi) is 4.51. The first-order valence-electron chi connectivity index (χ1n) is 3.42. The first-order chi connectivity index (χ1) is 6.56. The molecule has 0 aliphatic heterocycles. The van der Waals surface area contributed by atoms with Crippen LogP contribution in [0.15, 0.2) is 12.1 Å². The van der Waals surface area contributed by atoms with Gasteiger partial charge in [0.05, 0.1) is 0 Å². The van der Waals surface area contributed by atoms with Crippen molar-refractivity contribution in [1.29, 1.82) is 0 Å². The third-order valence-corrected chi connectivity index (χ3v) is 4.00. The molecular formula is C6H8O5S3. The maximum absolute atomic E-state index is 10.5. The van der Waals surface area contributed by atoms with Crippen LogP contribution in [0.25, 0.3) is 0 Å². The lowest BCUT2D eigenvalue weighted by molar-refractivity contribution is 0.255. The molecule has 3 atom stereocenters. The molecule has 3 unspecified atom stereocenters. The van der Waals surface area contributed by atoms with Gasteiger partial charge in [-0.25, -0.2) is 4.21 Å². The minimum atomic E-state index is -2.35. The van der Waals surface area contributed by atoms with E-state index in [1.165, 1.54) is 12.1 Å². The van der Waals surface area contributed by atoms with Crippen LogP contribution in [0.3, 0.4) is 0 Å². The fourth-order valence-electron chi connectivity index (χ4n) is 0.785. The summed E-state index contributed by atoms with van der Waals surface area (Å²) < 4.78 is 27.6. The molecule has 0 saturated carbocycles. The normalized spacial score (nSPS) is 17.7. The second kappa shape index (κ2) is 5.21. The van der Waals surface area contributed by atoms with Gasteiger partial charge in [-0.1, -0.05) is 0 Å². The Balaban J connectivity index is 2.82. The van der Waals surface area contributed by atoms with Crippen LogP contribution in [-0.4, -0.2) is 23.5 Å². The van der Waals surface area contributed by atoms with E-state index in [4.69, 9.17) is 14.2 Å². The molecule has 0 saturated heterocycles. The van der Waals surface area contributed by atoms with Gasteiger partial charge in [-0.2, -0.15) is 0 Å². The molecule has 0 radical (unpaired) electrons. The third kappa shape index (κ3) is 2.76. The van der Waals surface area contributed by atoms with Crippen molar-refractivity contribution in [2.45, 2.75) is 10.9 Å². The molecule has 1 aromatic heterocycles. The van der Waals surface area contributed by atoms with E-state index in [-0.39, 0.29) is 16.9 Å². The number of hydrogen-bond acceptors (Lipinski definition) is 6. The molecule has 0 spiro atoms. The van der Waals surface area contributed by atoms with Crippen molar-refractivity contribution >= 4 is 34.5 Å². The zero-order valence-corrected chi connectivity index (χ0v) is 9.18. The molecule has 4 N–H and O–H groups in total. The van der Waals surface area contributed by atoms with Gasteiger partial charge in [0.2, 0.25) is 0 Å². The Labute approximate surface area is 90.9 Å². The first kappa shape index (κ1) is 12.1. The average molecular weight is 256 g/mol. The quantitative estimate of drug-likeness (QED) is 0.366. The van der Waals surface area contributed by atoms with E-state index in [0.717, 1.165) is 11.3 Å². The summed E-state index contributed by atoms with van der Waals surface area (Å²) in [5, 5.41) is 18.3. The number of hydrogen-bond donors (Lipinski definition) is 4. The maximum atomic E-state index is 10.5. The SMILES string of the molecule is O=S(O)C(O)c1ccc(C(O)SO)s1. The van der Waals surface area contributed by atoms with E-state index in [2.05, 4.69) is 0 Å². The smallest absolute Gasteiger partial charge is 0.189 e. The predicted octanol–water partition coefficient (Wildman–Crippen LogP) is 1.16. The van der Waals surface area contributed by atoms with E-state index in [0.29, 0.717) is 4.88 Å². The summed E-state index contributed by atoms with van der Waals surface area (Å²) in [5.74, 6) is 0. The van der Waals surface area contributed by atoms with Crippen molar-refractivity contribution in [3.05, 3.63) is 21.9 Å². The summed E-state index contributed by atoms with van der Waals surface area (Å²) in [6, 6.07) is 2.90. The minimum absolute atomic E-state index is 0.257. The molecular weight excluding hydrogens is 248 g/mol. The van der Waals surface area contributed by atoms with Gasteiger partial charge in [-0.05, 0) is 12.1 Å². The van der Waals surface area contributed by atoms with Crippen LogP contribution in [0.2, 0.25) is 0 Å². The fraction of sp³-hybridized carbons (Fsp3) is 0.333. The topological polar surface area (TPSA) is 98.0 Å². The van der Waals surface area contributed by atoms with Crippen LogP contribution >= 0.6 is 23.4 Å².